The number of nitrogens with zero attached hydrogens (tertiary/aromatic N) is 1. The second kappa shape index (κ2) is 9.03. The highest BCUT2D eigenvalue weighted by Crippen LogP contribution is 2.20. The molecule has 1 saturated heterocycles. The standard InChI is InChI=1S/C17H23N3O2S2/c1-12-4-3-9-20(10-12)17(23)24-11-15(21)19-14-7-5-13(6-8-14)16(22)18-2/h5-8,12H,3-4,9-11H2,1-2H3,(H,18,22)(H,19,21)/t12-/m1/s1. The van der Waals surface area contributed by atoms with E-state index in [9.17, 15) is 9.59 Å². The van der Waals surface area contributed by atoms with Crippen LogP contribution < -0.4 is 10.6 Å². The molecule has 2 amide bonds. The maximum absolute atomic E-state index is 12.0. The summed E-state index contributed by atoms with van der Waals surface area (Å²) in [5.41, 5.74) is 1.23. The van der Waals surface area contributed by atoms with Gasteiger partial charge in [-0.25, -0.2) is 0 Å². The Morgan fingerprint density at radius 3 is 2.67 bits per heavy atom. The Hall–Kier alpha value is -1.60. The van der Waals surface area contributed by atoms with Crippen molar-refractivity contribution in [3.8, 4) is 0 Å². The first-order valence-corrected chi connectivity index (χ1v) is 9.42. The molecule has 0 spiro atoms. The van der Waals surface area contributed by atoms with Crippen LogP contribution in [0.3, 0.4) is 0 Å². The van der Waals surface area contributed by atoms with Crippen LogP contribution in [0.2, 0.25) is 0 Å². The van der Waals surface area contributed by atoms with E-state index in [2.05, 4.69) is 22.5 Å². The maximum atomic E-state index is 12.0. The Morgan fingerprint density at radius 1 is 1.33 bits per heavy atom. The largest absolute Gasteiger partial charge is 0.357 e. The molecule has 1 aromatic rings. The summed E-state index contributed by atoms with van der Waals surface area (Å²) in [5, 5.41) is 5.38. The van der Waals surface area contributed by atoms with E-state index in [1.807, 2.05) is 0 Å². The molecule has 1 atom stereocenters. The number of anilines is 1. The third kappa shape index (κ3) is 5.49. The quantitative estimate of drug-likeness (QED) is 0.804. The van der Waals surface area contributed by atoms with Gasteiger partial charge in [0.1, 0.15) is 4.32 Å². The monoisotopic (exact) mass is 365 g/mol. The fourth-order valence-electron chi connectivity index (χ4n) is 2.62. The van der Waals surface area contributed by atoms with Gasteiger partial charge in [-0.15, -0.1) is 0 Å². The van der Waals surface area contributed by atoms with E-state index >= 15 is 0 Å². The van der Waals surface area contributed by atoms with Crippen molar-refractivity contribution in [2.24, 2.45) is 5.92 Å². The van der Waals surface area contributed by atoms with Crippen LogP contribution in [0, 0.1) is 5.92 Å². The van der Waals surface area contributed by atoms with Gasteiger partial charge in [0.05, 0.1) is 5.75 Å². The Morgan fingerprint density at radius 2 is 2.04 bits per heavy atom. The lowest BCUT2D eigenvalue weighted by molar-refractivity contribution is -0.113. The van der Waals surface area contributed by atoms with Crippen LogP contribution in [-0.2, 0) is 4.79 Å². The first-order chi connectivity index (χ1) is 11.5. The molecule has 1 fully saturated rings. The Balaban J connectivity index is 1.78. The second-order valence-corrected chi connectivity index (χ2v) is 7.56. The van der Waals surface area contributed by atoms with Crippen LogP contribution in [0.25, 0.3) is 0 Å². The van der Waals surface area contributed by atoms with E-state index in [0.29, 0.717) is 22.9 Å². The third-order valence-electron chi connectivity index (χ3n) is 3.90. The summed E-state index contributed by atoms with van der Waals surface area (Å²) >= 11 is 6.84. The fourth-order valence-corrected chi connectivity index (χ4v) is 3.64. The predicted molar refractivity (Wildman–Crippen MR) is 103 cm³/mol. The Bertz CT molecular complexity index is 604. The summed E-state index contributed by atoms with van der Waals surface area (Å²) in [6, 6.07) is 6.80. The zero-order valence-electron chi connectivity index (χ0n) is 14.0. The summed E-state index contributed by atoms with van der Waals surface area (Å²) in [4.78, 5) is 25.7. The molecule has 1 aliphatic rings. The topological polar surface area (TPSA) is 61.4 Å². The average Bonchev–Trinajstić information content (AvgIpc) is 2.59. The van der Waals surface area contributed by atoms with Gasteiger partial charge in [0.2, 0.25) is 5.91 Å². The number of hydrogen-bond acceptors (Lipinski definition) is 4. The van der Waals surface area contributed by atoms with Gasteiger partial charge in [0.15, 0.2) is 0 Å². The molecule has 5 nitrogen and oxygen atoms in total. The molecule has 1 aromatic carbocycles. The third-order valence-corrected chi connectivity index (χ3v) is 5.42. The van der Waals surface area contributed by atoms with Crippen molar-refractivity contribution in [1.29, 1.82) is 0 Å². The number of likely N-dealkylation sites (tertiary alicyclic amines) is 1. The van der Waals surface area contributed by atoms with E-state index in [0.717, 1.165) is 23.8 Å². The molecule has 24 heavy (non-hydrogen) atoms. The van der Waals surface area contributed by atoms with Crippen LogP contribution in [0.1, 0.15) is 30.1 Å². The lowest BCUT2D eigenvalue weighted by Gasteiger charge is -2.32. The number of piperidine rings is 1. The van der Waals surface area contributed by atoms with Gasteiger partial charge in [-0.1, -0.05) is 30.9 Å². The molecule has 7 heteroatoms. The predicted octanol–water partition coefficient (Wildman–Crippen LogP) is 2.73. The van der Waals surface area contributed by atoms with Crippen molar-refractivity contribution >= 4 is 45.8 Å². The summed E-state index contributed by atoms with van der Waals surface area (Å²) in [7, 11) is 1.58. The van der Waals surface area contributed by atoms with Crippen LogP contribution in [0.4, 0.5) is 5.69 Å². The van der Waals surface area contributed by atoms with Crippen LogP contribution in [-0.4, -0.2) is 46.9 Å². The summed E-state index contributed by atoms with van der Waals surface area (Å²) < 4.78 is 0.798. The molecule has 0 radical (unpaired) electrons. The zero-order valence-corrected chi connectivity index (χ0v) is 15.6. The highest BCUT2D eigenvalue weighted by Gasteiger charge is 2.19. The number of nitrogens with one attached hydrogen (secondary N) is 2. The van der Waals surface area contributed by atoms with Gasteiger partial charge in [0.25, 0.3) is 5.91 Å². The molecule has 130 valence electrons. The molecule has 1 heterocycles. The molecule has 0 aliphatic carbocycles. The molecule has 0 unspecified atom stereocenters. The van der Waals surface area contributed by atoms with Gasteiger partial charge in [0, 0.05) is 31.4 Å². The molecular formula is C17H23N3O2S2. The maximum Gasteiger partial charge on any atom is 0.251 e. The Kier molecular flexibility index (Phi) is 7.05. The minimum absolute atomic E-state index is 0.0971. The zero-order chi connectivity index (χ0) is 17.5. The van der Waals surface area contributed by atoms with E-state index in [4.69, 9.17) is 12.2 Å². The number of carbonyl (C=O) groups excluding carboxylic acids is 2. The van der Waals surface area contributed by atoms with E-state index in [-0.39, 0.29) is 11.8 Å². The molecule has 0 saturated carbocycles. The number of carbonyl (C=O) groups is 2. The van der Waals surface area contributed by atoms with Crippen LogP contribution in [0.15, 0.2) is 24.3 Å². The highest BCUT2D eigenvalue weighted by atomic mass is 32.2. The van der Waals surface area contributed by atoms with E-state index in [1.165, 1.54) is 18.2 Å². The highest BCUT2D eigenvalue weighted by molar-refractivity contribution is 8.23. The second-order valence-electron chi connectivity index (χ2n) is 5.95. The van der Waals surface area contributed by atoms with Gasteiger partial charge >= 0.3 is 0 Å². The van der Waals surface area contributed by atoms with Crippen molar-refractivity contribution in [2.75, 3.05) is 31.2 Å². The minimum atomic E-state index is -0.149. The summed E-state index contributed by atoms with van der Waals surface area (Å²) in [6.07, 6.45) is 2.40. The number of hydrogen-bond donors (Lipinski definition) is 2. The molecular weight excluding hydrogens is 342 g/mol. The Labute approximate surface area is 152 Å². The number of rotatable bonds is 4. The van der Waals surface area contributed by atoms with E-state index in [1.54, 1.807) is 31.3 Å². The average molecular weight is 366 g/mol. The van der Waals surface area contributed by atoms with Gasteiger partial charge < -0.3 is 15.5 Å². The normalized spacial score (nSPS) is 17.2. The first kappa shape index (κ1) is 18.7. The number of benzene rings is 1. The van der Waals surface area contributed by atoms with Crippen LogP contribution in [0.5, 0.6) is 0 Å². The number of amides is 2. The van der Waals surface area contributed by atoms with Crippen molar-refractivity contribution in [1.82, 2.24) is 10.2 Å². The number of thioether (sulfide) groups is 1. The van der Waals surface area contributed by atoms with Crippen molar-refractivity contribution in [3.05, 3.63) is 29.8 Å². The molecule has 2 rings (SSSR count). The molecule has 2 N–H and O–H groups in total. The van der Waals surface area contributed by atoms with Gasteiger partial charge in [-0.05, 0) is 43.0 Å². The molecule has 0 aromatic heterocycles. The fraction of sp³-hybridized carbons (Fsp3) is 0.471. The lowest BCUT2D eigenvalue weighted by Crippen LogP contribution is -2.37. The van der Waals surface area contributed by atoms with E-state index < -0.39 is 0 Å². The molecule has 1 aliphatic heterocycles. The lowest BCUT2D eigenvalue weighted by atomic mass is 10.0. The minimum Gasteiger partial charge on any atom is -0.357 e. The summed E-state index contributed by atoms with van der Waals surface area (Å²) in [5.74, 6) is 0.704. The SMILES string of the molecule is CNC(=O)c1ccc(NC(=O)CSC(=S)N2CCC[C@@H](C)C2)cc1. The van der Waals surface area contributed by atoms with Crippen molar-refractivity contribution in [3.63, 3.8) is 0 Å². The first-order valence-electron chi connectivity index (χ1n) is 8.03. The van der Waals surface area contributed by atoms with Crippen molar-refractivity contribution < 1.29 is 9.59 Å². The van der Waals surface area contributed by atoms with Crippen molar-refractivity contribution in [2.45, 2.75) is 19.8 Å². The number of thiocarbonyl (C=S) groups is 1. The van der Waals surface area contributed by atoms with Gasteiger partial charge in [-0.2, -0.15) is 0 Å². The van der Waals surface area contributed by atoms with Crippen LogP contribution >= 0.6 is 24.0 Å². The smallest absolute Gasteiger partial charge is 0.251 e. The van der Waals surface area contributed by atoms with Gasteiger partial charge in [-0.3, -0.25) is 9.59 Å². The molecule has 0 bridgehead atoms. The summed E-state index contributed by atoms with van der Waals surface area (Å²) in [6.45, 7) is 4.20.